The lowest BCUT2D eigenvalue weighted by atomic mass is 9.82. The summed E-state index contributed by atoms with van der Waals surface area (Å²) in [5.74, 6) is -1.45. The van der Waals surface area contributed by atoms with E-state index in [0.717, 1.165) is 54.5 Å². The molecule has 2 heterocycles. The van der Waals surface area contributed by atoms with E-state index in [9.17, 15) is 19.1 Å². The molecule has 3 atom stereocenters. The zero-order valence-electron chi connectivity index (χ0n) is 24.8. The number of carboxylic acids is 1. The zero-order valence-corrected chi connectivity index (χ0v) is 24.8. The van der Waals surface area contributed by atoms with Crippen LogP contribution in [0.25, 0.3) is 0 Å². The van der Waals surface area contributed by atoms with E-state index in [1.165, 1.54) is 11.6 Å². The maximum atomic E-state index is 14.1. The molecule has 3 unspecified atom stereocenters. The number of halogens is 1. The number of aliphatic carboxylic acids is 1. The summed E-state index contributed by atoms with van der Waals surface area (Å²) in [6.45, 7) is 7.57. The van der Waals surface area contributed by atoms with E-state index in [0.29, 0.717) is 30.9 Å². The summed E-state index contributed by atoms with van der Waals surface area (Å²) in [5.41, 5.74) is 5.30. The van der Waals surface area contributed by atoms with Crippen LogP contribution in [0.3, 0.4) is 0 Å². The molecule has 5 rings (SSSR count). The number of aryl methyl sites for hydroxylation is 2. The number of carbonyl (C=O) groups excluding carboxylic acids is 1. The van der Waals surface area contributed by atoms with E-state index in [-0.39, 0.29) is 24.2 Å². The average molecular weight is 573 g/mol. The lowest BCUT2D eigenvalue weighted by molar-refractivity contribution is -0.143. The largest absolute Gasteiger partial charge is 0.493 e. The second kappa shape index (κ2) is 13.1. The van der Waals surface area contributed by atoms with Crippen LogP contribution < -0.4 is 9.64 Å². The number of carboxylic acid groups (broad SMARTS) is 1. The first-order valence-electron chi connectivity index (χ1n) is 15.2. The Labute approximate surface area is 248 Å². The minimum atomic E-state index is -0.870. The smallest absolute Gasteiger partial charge is 0.309 e. The van der Waals surface area contributed by atoms with Crippen molar-refractivity contribution in [1.29, 1.82) is 0 Å². The van der Waals surface area contributed by atoms with Crippen molar-refractivity contribution >= 4 is 17.6 Å². The van der Waals surface area contributed by atoms with E-state index >= 15 is 0 Å². The summed E-state index contributed by atoms with van der Waals surface area (Å²) in [4.78, 5) is 30.8. The van der Waals surface area contributed by atoms with Gasteiger partial charge >= 0.3 is 5.97 Å². The standard InChI is InChI=1S/C35H41FN2O4/c1-4-6-7-17-38(28-13-14-30(36)23(3)19-28)32(39)22-37-21-29(26-12-15-31-27(20-26)16-18-42-31)33(35(40)41)34(37)25-10-8-24(5-2)9-11-25/h8-15,19-20,29,33-34H,4-7,16-18,21-22H2,1-3H3,(H,40,41). The Morgan fingerprint density at radius 1 is 1.02 bits per heavy atom. The molecular formula is C35H41FN2O4. The summed E-state index contributed by atoms with van der Waals surface area (Å²) in [5, 5.41) is 10.6. The van der Waals surface area contributed by atoms with Crippen molar-refractivity contribution in [2.24, 2.45) is 5.92 Å². The van der Waals surface area contributed by atoms with Crippen LogP contribution >= 0.6 is 0 Å². The Kier molecular flexibility index (Phi) is 9.27. The van der Waals surface area contributed by atoms with Crippen LogP contribution in [-0.2, 0) is 22.4 Å². The van der Waals surface area contributed by atoms with E-state index in [1.54, 1.807) is 24.0 Å². The maximum absolute atomic E-state index is 14.1. The van der Waals surface area contributed by atoms with Crippen LogP contribution in [0.4, 0.5) is 10.1 Å². The van der Waals surface area contributed by atoms with Gasteiger partial charge in [-0.25, -0.2) is 4.39 Å². The Morgan fingerprint density at radius 3 is 2.48 bits per heavy atom. The number of likely N-dealkylation sites (tertiary alicyclic amines) is 1. The number of hydrogen-bond donors (Lipinski definition) is 1. The van der Waals surface area contributed by atoms with Gasteiger partial charge in [-0.3, -0.25) is 14.5 Å². The second-order valence-electron chi connectivity index (χ2n) is 11.6. The second-order valence-corrected chi connectivity index (χ2v) is 11.6. The van der Waals surface area contributed by atoms with Crippen molar-refractivity contribution in [2.45, 2.75) is 64.8 Å². The molecule has 222 valence electrons. The Balaban J connectivity index is 1.50. The lowest BCUT2D eigenvalue weighted by Gasteiger charge is -2.30. The van der Waals surface area contributed by atoms with Gasteiger partial charge in [0.1, 0.15) is 11.6 Å². The van der Waals surface area contributed by atoms with E-state index in [2.05, 4.69) is 19.9 Å². The number of rotatable bonds is 11. The van der Waals surface area contributed by atoms with Crippen molar-refractivity contribution in [2.75, 3.05) is 31.1 Å². The quantitative estimate of drug-likeness (QED) is 0.259. The van der Waals surface area contributed by atoms with Crippen LogP contribution in [0.1, 0.15) is 72.9 Å². The topological polar surface area (TPSA) is 70.1 Å². The van der Waals surface area contributed by atoms with Gasteiger partial charge in [-0.05, 0) is 71.8 Å². The zero-order chi connectivity index (χ0) is 29.8. The number of anilines is 1. The first kappa shape index (κ1) is 29.8. The van der Waals surface area contributed by atoms with Gasteiger partial charge < -0.3 is 14.7 Å². The molecule has 3 aromatic rings. The monoisotopic (exact) mass is 572 g/mol. The van der Waals surface area contributed by atoms with Crippen molar-refractivity contribution in [3.63, 3.8) is 0 Å². The molecule has 7 heteroatoms. The molecule has 1 N–H and O–H groups in total. The van der Waals surface area contributed by atoms with Gasteiger partial charge in [0.15, 0.2) is 0 Å². The van der Waals surface area contributed by atoms with Gasteiger partial charge in [0, 0.05) is 37.2 Å². The van der Waals surface area contributed by atoms with Crippen LogP contribution in [0.2, 0.25) is 0 Å². The Bertz CT molecular complexity index is 1420. The van der Waals surface area contributed by atoms with Gasteiger partial charge in [-0.1, -0.05) is 63.1 Å². The Morgan fingerprint density at radius 2 is 1.79 bits per heavy atom. The first-order chi connectivity index (χ1) is 20.3. The van der Waals surface area contributed by atoms with Crippen LogP contribution in [0, 0.1) is 18.7 Å². The van der Waals surface area contributed by atoms with E-state index in [4.69, 9.17) is 4.74 Å². The number of benzene rings is 3. The average Bonchev–Trinajstić information content (AvgIpc) is 3.61. The fourth-order valence-corrected chi connectivity index (χ4v) is 6.49. The summed E-state index contributed by atoms with van der Waals surface area (Å²) < 4.78 is 19.8. The number of hydrogen-bond acceptors (Lipinski definition) is 4. The molecule has 1 amide bonds. The number of fused-ring (bicyclic) bond motifs is 1. The first-order valence-corrected chi connectivity index (χ1v) is 15.2. The van der Waals surface area contributed by atoms with Crippen LogP contribution in [0.5, 0.6) is 5.75 Å². The van der Waals surface area contributed by atoms with Gasteiger partial charge in [-0.2, -0.15) is 0 Å². The molecule has 0 radical (unpaired) electrons. The minimum absolute atomic E-state index is 0.0665. The molecule has 2 aliphatic rings. The molecule has 3 aromatic carbocycles. The molecule has 0 bridgehead atoms. The van der Waals surface area contributed by atoms with E-state index in [1.807, 2.05) is 41.3 Å². The normalized spacial score (nSPS) is 19.9. The summed E-state index contributed by atoms with van der Waals surface area (Å²) in [6.07, 6.45) is 4.52. The molecule has 1 saturated heterocycles. The van der Waals surface area contributed by atoms with E-state index < -0.39 is 17.9 Å². The fourth-order valence-electron chi connectivity index (χ4n) is 6.49. The van der Waals surface area contributed by atoms with Crippen molar-refractivity contribution in [3.8, 4) is 5.75 Å². The molecule has 0 aliphatic carbocycles. The predicted molar refractivity (Wildman–Crippen MR) is 163 cm³/mol. The van der Waals surface area contributed by atoms with Crippen LogP contribution in [0.15, 0.2) is 60.7 Å². The third-order valence-corrected chi connectivity index (χ3v) is 8.83. The van der Waals surface area contributed by atoms with Gasteiger partial charge in [0.2, 0.25) is 5.91 Å². The highest BCUT2D eigenvalue weighted by Crippen LogP contribution is 2.47. The molecule has 0 saturated carbocycles. The molecular weight excluding hydrogens is 531 g/mol. The van der Waals surface area contributed by atoms with Gasteiger partial charge in [0.05, 0.1) is 19.1 Å². The van der Waals surface area contributed by atoms with Crippen molar-refractivity contribution in [1.82, 2.24) is 4.90 Å². The maximum Gasteiger partial charge on any atom is 0.309 e. The van der Waals surface area contributed by atoms with Crippen molar-refractivity contribution < 1.29 is 23.8 Å². The highest BCUT2D eigenvalue weighted by molar-refractivity contribution is 5.95. The number of amides is 1. The summed E-state index contributed by atoms with van der Waals surface area (Å²) >= 11 is 0. The highest BCUT2D eigenvalue weighted by Gasteiger charge is 2.48. The summed E-state index contributed by atoms with van der Waals surface area (Å²) in [7, 11) is 0. The third-order valence-electron chi connectivity index (χ3n) is 8.83. The molecule has 0 aromatic heterocycles. The number of unbranched alkanes of at least 4 members (excludes halogenated alkanes) is 2. The Hall–Kier alpha value is -3.71. The summed E-state index contributed by atoms with van der Waals surface area (Å²) in [6, 6.07) is 18.4. The van der Waals surface area contributed by atoms with Gasteiger partial charge in [-0.15, -0.1) is 0 Å². The number of ether oxygens (including phenoxy) is 1. The SMILES string of the molecule is CCCCCN(C(=O)CN1CC(c2ccc3c(c2)CCO3)C(C(=O)O)C1c1ccc(CC)cc1)c1ccc(F)c(C)c1. The molecule has 1 fully saturated rings. The third kappa shape index (κ3) is 6.21. The van der Waals surface area contributed by atoms with Crippen molar-refractivity contribution in [3.05, 3.63) is 94.3 Å². The number of carbonyl (C=O) groups is 2. The molecule has 42 heavy (non-hydrogen) atoms. The van der Waals surface area contributed by atoms with Crippen LogP contribution in [-0.4, -0.2) is 48.1 Å². The fraction of sp³-hybridized carbons (Fsp3) is 0.429. The molecule has 0 spiro atoms. The minimum Gasteiger partial charge on any atom is -0.493 e. The number of nitrogens with zero attached hydrogens (tertiary/aromatic N) is 2. The van der Waals surface area contributed by atoms with Gasteiger partial charge in [0.25, 0.3) is 0 Å². The predicted octanol–water partition coefficient (Wildman–Crippen LogP) is 6.70. The lowest BCUT2D eigenvalue weighted by Crippen LogP contribution is -2.41. The molecule has 2 aliphatic heterocycles. The highest BCUT2D eigenvalue weighted by atomic mass is 19.1. The molecule has 6 nitrogen and oxygen atoms in total.